The molecule has 0 aromatic heterocycles. The lowest BCUT2D eigenvalue weighted by atomic mass is 10.2. The smallest absolute Gasteiger partial charge is 0.324 e. The summed E-state index contributed by atoms with van der Waals surface area (Å²) in [6.07, 6.45) is 0. The molecule has 16 heavy (non-hydrogen) atoms. The number of benzene rings is 1. The number of carbonyl (C=O) groups is 1. The van der Waals surface area contributed by atoms with Crippen LogP contribution in [0, 0.1) is 0 Å². The molecule has 1 aromatic carbocycles. The monoisotopic (exact) mass is 221 g/mol. The lowest BCUT2D eigenvalue weighted by Crippen LogP contribution is -2.41. The number of nitrogens with two attached hydrogens (primary N) is 1. The van der Waals surface area contributed by atoms with Crippen molar-refractivity contribution in [1.29, 1.82) is 0 Å². The van der Waals surface area contributed by atoms with E-state index in [4.69, 9.17) is 5.73 Å². The van der Waals surface area contributed by atoms with Gasteiger partial charge in [0.15, 0.2) is 0 Å². The highest BCUT2D eigenvalue weighted by Gasteiger charge is 2.18. The molecule has 0 spiro atoms. The Morgan fingerprint density at radius 2 is 1.88 bits per heavy atom. The van der Waals surface area contributed by atoms with Crippen molar-refractivity contribution in [2.75, 3.05) is 30.8 Å². The fourth-order valence-electron chi connectivity index (χ4n) is 1.48. The zero-order chi connectivity index (χ0) is 12.1. The number of hydrogen-bond acceptors (Lipinski definition) is 2. The van der Waals surface area contributed by atoms with E-state index in [1.165, 1.54) is 0 Å². The minimum Gasteiger partial charge on any atom is -0.397 e. The summed E-state index contributed by atoms with van der Waals surface area (Å²) in [4.78, 5) is 15.4. The van der Waals surface area contributed by atoms with Crippen molar-refractivity contribution in [1.82, 2.24) is 4.90 Å². The molecule has 4 heteroatoms. The van der Waals surface area contributed by atoms with Crippen LogP contribution in [0.25, 0.3) is 0 Å². The summed E-state index contributed by atoms with van der Waals surface area (Å²) in [5.41, 5.74) is 7.26. The molecule has 4 nitrogen and oxygen atoms in total. The summed E-state index contributed by atoms with van der Waals surface area (Å²) in [6.45, 7) is 5.17. The molecular formula is C12H19N3O. The van der Waals surface area contributed by atoms with Gasteiger partial charge < -0.3 is 10.6 Å². The Hall–Kier alpha value is -1.71. The fourth-order valence-corrected chi connectivity index (χ4v) is 1.48. The van der Waals surface area contributed by atoms with Gasteiger partial charge in [0.25, 0.3) is 0 Å². The molecule has 0 saturated carbocycles. The second-order valence-corrected chi connectivity index (χ2v) is 3.60. The van der Waals surface area contributed by atoms with E-state index in [2.05, 4.69) is 0 Å². The molecular weight excluding hydrogens is 202 g/mol. The molecule has 0 aliphatic rings. The molecule has 0 saturated heterocycles. The summed E-state index contributed by atoms with van der Waals surface area (Å²) in [7, 11) is 1.78. The first-order chi connectivity index (χ1) is 7.61. The van der Waals surface area contributed by atoms with Gasteiger partial charge in [-0.2, -0.15) is 0 Å². The number of rotatable bonds is 3. The fraction of sp³-hybridized carbons (Fsp3) is 0.417. The number of nitrogen functional groups attached to an aromatic ring is 1. The molecule has 2 amide bonds. The van der Waals surface area contributed by atoms with E-state index in [1.807, 2.05) is 32.0 Å². The van der Waals surface area contributed by atoms with E-state index in [-0.39, 0.29) is 6.03 Å². The van der Waals surface area contributed by atoms with Crippen LogP contribution in [-0.4, -0.2) is 31.1 Å². The molecule has 0 aliphatic carbocycles. The highest BCUT2D eigenvalue weighted by atomic mass is 16.2. The predicted molar refractivity (Wildman–Crippen MR) is 67.6 cm³/mol. The van der Waals surface area contributed by atoms with Gasteiger partial charge in [0.2, 0.25) is 0 Å². The maximum absolute atomic E-state index is 12.1. The standard InChI is InChI=1S/C12H19N3O/c1-4-14(3)12(16)15(5-2)11-9-7-6-8-10(11)13/h6-9H,4-5,13H2,1-3H3. The molecule has 88 valence electrons. The van der Waals surface area contributed by atoms with Gasteiger partial charge in [-0.1, -0.05) is 12.1 Å². The van der Waals surface area contributed by atoms with Crippen LogP contribution in [0.5, 0.6) is 0 Å². The Balaban J connectivity index is 2.99. The van der Waals surface area contributed by atoms with Crippen LogP contribution in [-0.2, 0) is 0 Å². The Labute approximate surface area is 96.6 Å². The Morgan fingerprint density at radius 1 is 1.25 bits per heavy atom. The second-order valence-electron chi connectivity index (χ2n) is 3.60. The average Bonchev–Trinajstić information content (AvgIpc) is 2.31. The van der Waals surface area contributed by atoms with Crippen molar-refractivity contribution in [2.24, 2.45) is 0 Å². The Kier molecular flexibility index (Phi) is 4.17. The summed E-state index contributed by atoms with van der Waals surface area (Å²) in [5.74, 6) is 0. The van der Waals surface area contributed by atoms with Crippen LogP contribution in [0.1, 0.15) is 13.8 Å². The lowest BCUT2D eigenvalue weighted by Gasteiger charge is -2.27. The first-order valence-electron chi connectivity index (χ1n) is 5.48. The Morgan fingerprint density at radius 3 is 2.38 bits per heavy atom. The van der Waals surface area contributed by atoms with Gasteiger partial charge >= 0.3 is 6.03 Å². The van der Waals surface area contributed by atoms with E-state index in [9.17, 15) is 4.79 Å². The van der Waals surface area contributed by atoms with Crippen molar-refractivity contribution in [2.45, 2.75) is 13.8 Å². The molecule has 2 N–H and O–H groups in total. The minimum absolute atomic E-state index is 0.0251. The van der Waals surface area contributed by atoms with Crippen LogP contribution in [0.2, 0.25) is 0 Å². The van der Waals surface area contributed by atoms with Crippen molar-refractivity contribution in [3.63, 3.8) is 0 Å². The van der Waals surface area contributed by atoms with Gasteiger partial charge in [-0.25, -0.2) is 4.79 Å². The third kappa shape index (κ3) is 2.45. The maximum atomic E-state index is 12.1. The SMILES string of the molecule is CCN(C)C(=O)N(CC)c1ccccc1N. The van der Waals surface area contributed by atoms with Crippen LogP contribution < -0.4 is 10.6 Å². The summed E-state index contributed by atoms with van der Waals surface area (Å²) in [6, 6.07) is 7.38. The largest absolute Gasteiger partial charge is 0.397 e. The molecule has 0 bridgehead atoms. The summed E-state index contributed by atoms with van der Waals surface area (Å²) < 4.78 is 0. The predicted octanol–water partition coefficient (Wildman–Crippen LogP) is 2.17. The van der Waals surface area contributed by atoms with E-state index in [0.717, 1.165) is 5.69 Å². The first kappa shape index (κ1) is 12.4. The summed E-state index contributed by atoms with van der Waals surface area (Å²) >= 11 is 0. The second kappa shape index (κ2) is 5.39. The summed E-state index contributed by atoms with van der Waals surface area (Å²) in [5, 5.41) is 0. The van der Waals surface area contributed by atoms with Crippen LogP contribution in [0.15, 0.2) is 24.3 Å². The highest BCUT2D eigenvalue weighted by Crippen LogP contribution is 2.23. The van der Waals surface area contributed by atoms with Gasteiger partial charge in [0.1, 0.15) is 0 Å². The third-order valence-corrected chi connectivity index (χ3v) is 2.58. The number of para-hydroxylation sites is 2. The molecule has 0 atom stereocenters. The third-order valence-electron chi connectivity index (χ3n) is 2.58. The normalized spacial score (nSPS) is 9.94. The van der Waals surface area contributed by atoms with Crippen molar-refractivity contribution < 1.29 is 4.79 Å². The number of amides is 2. The molecule has 1 aromatic rings. The van der Waals surface area contributed by atoms with E-state index >= 15 is 0 Å². The minimum atomic E-state index is -0.0251. The highest BCUT2D eigenvalue weighted by molar-refractivity contribution is 5.94. The van der Waals surface area contributed by atoms with Crippen LogP contribution in [0.3, 0.4) is 0 Å². The number of anilines is 2. The number of carbonyl (C=O) groups excluding carboxylic acids is 1. The number of hydrogen-bond donors (Lipinski definition) is 1. The Bertz CT molecular complexity index is 365. The molecule has 0 heterocycles. The number of nitrogens with zero attached hydrogens (tertiary/aromatic N) is 2. The van der Waals surface area contributed by atoms with Crippen LogP contribution in [0.4, 0.5) is 16.2 Å². The van der Waals surface area contributed by atoms with E-state index < -0.39 is 0 Å². The van der Waals surface area contributed by atoms with Gasteiger partial charge in [-0.15, -0.1) is 0 Å². The van der Waals surface area contributed by atoms with Crippen molar-refractivity contribution >= 4 is 17.4 Å². The van der Waals surface area contributed by atoms with Gasteiger partial charge in [0.05, 0.1) is 11.4 Å². The molecule has 0 radical (unpaired) electrons. The zero-order valence-electron chi connectivity index (χ0n) is 10.1. The molecule has 0 aliphatic heterocycles. The topological polar surface area (TPSA) is 49.6 Å². The number of urea groups is 1. The molecule has 0 unspecified atom stereocenters. The molecule has 0 fully saturated rings. The van der Waals surface area contributed by atoms with Crippen LogP contribution >= 0.6 is 0 Å². The quantitative estimate of drug-likeness (QED) is 0.795. The molecule has 1 rings (SSSR count). The first-order valence-corrected chi connectivity index (χ1v) is 5.48. The van der Waals surface area contributed by atoms with E-state index in [0.29, 0.717) is 18.8 Å². The zero-order valence-corrected chi connectivity index (χ0v) is 10.1. The lowest BCUT2D eigenvalue weighted by molar-refractivity contribution is 0.218. The van der Waals surface area contributed by atoms with E-state index in [1.54, 1.807) is 22.9 Å². The van der Waals surface area contributed by atoms with Crippen molar-refractivity contribution in [3.05, 3.63) is 24.3 Å². The van der Waals surface area contributed by atoms with Gasteiger partial charge in [-0.05, 0) is 26.0 Å². The average molecular weight is 221 g/mol. The maximum Gasteiger partial charge on any atom is 0.324 e. The van der Waals surface area contributed by atoms with Gasteiger partial charge in [-0.3, -0.25) is 4.90 Å². The van der Waals surface area contributed by atoms with Crippen molar-refractivity contribution in [3.8, 4) is 0 Å². The van der Waals surface area contributed by atoms with Gasteiger partial charge in [0, 0.05) is 20.1 Å².